The Bertz CT molecular complexity index is 1460. The van der Waals surface area contributed by atoms with Gasteiger partial charge in [0.2, 0.25) is 0 Å². The maximum atomic E-state index is 13.2. The maximum absolute atomic E-state index is 13.2. The van der Waals surface area contributed by atoms with Gasteiger partial charge in [-0.3, -0.25) is 4.79 Å². The van der Waals surface area contributed by atoms with Crippen molar-refractivity contribution < 1.29 is 28.2 Å². The van der Waals surface area contributed by atoms with Crippen LogP contribution in [0, 0.1) is 12.7 Å². The molecule has 1 amide bonds. The van der Waals surface area contributed by atoms with Crippen molar-refractivity contribution in [2.45, 2.75) is 32.4 Å². The number of aryl methyl sites for hydroxylation is 1. The van der Waals surface area contributed by atoms with Gasteiger partial charge in [0, 0.05) is 17.5 Å². The summed E-state index contributed by atoms with van der Waals surface area (Å²) in [5, 5.41) is 12.3. The van der Waals surface area contributed by atoms with Crippen LogP contribution in [-0.2, 0) is 22.6 Å². The first-order valence-electron chi connectivity index (χ1n) is 13.0. The van der Waals surface area contributed by atoms with Gasteiger partial charge >= 0.3 is 24.8 Å². The fourth-order valence-corrected chi connectivity index (χ4v) is 4.82. The Morgan fingerprint density at radius 2 is 1.78 bits per heavy atom. The van der Waals surface area contributed by atoms with Crippen LogP contribution < -0.4 is 5.32 Å². The predicted octanol–water partition coefficient (Wildman–Crippen LogP) is 6.11. The summed E-state index contributed by atoms with van der Waals surface area (Å²) < 4.78 is 25.0. The van der Waals surface area contributed by atoms with Gasteiger partial charge in [0.25, 0.3) is 5.91 Å². The molecule has 0 aliphatic heterocycles. The number of hydrogen-bond acceptors (Lipinski definition) is 5. The number of aliphatic carboxylic acids is 1. The van der Waals surface area contributed by atoms with E-state index in [4.69, 9.17) is 9.15 Å². The number of ether oxygens (including phenoxy) is 1. The normalized spacial score (nSPS) is 11.5. The van der Waals surface area contributed by atoms with Crippen molar-refractivity contribution in [3.63, 3.8) is 0 Å². The number of carbonyl (C=O) groups excluding carboxylic acids is 1. The molecule has 4 aromatic rings. The van der Waals surface area contributed by atoms with Crippen LogP contribution in [0.5, 0.6) is 0 Å². The molecular weight excluding hydrogens is 536 g/mol. The molecule has 0 unspecified atom stereocenters. The Labute approximate surface area is 255 Å². The Morgan fingerprint density at radius 3 is 2.49 bits per heavy atom. The van der Waals surface area contributed by atoms with Gasteiger partial charge < -0.3 is 19.6 Å². The zero-order valence-corrected chi connectivity index (χ0v) is 23.3. The zero-order chi connectivity index (χ0) is 28.5. The van der Waals surface area contributed by atoms with Crippen LogP contribution in [0.4, 0.5) is 4.39 Å². The predicted molar refractivity (Wildman–Crippen MR) is 163 cm³/mol. The monoisotopic (exact) mass is 569 g/mol. The molecule has 1 atom stereocenters. The molecule has 9 heteroatoms. The molecule has 1 aromatic heterocycles. The third kappa shape index (κ3) is 8.85. The van der Waals surface area contributed by atoms with Crippen molar-refractivity contribution in [1.82, 2.24) is 5.32 Å². The van der Waals surface area contributed by atoms with E-state index in [9.17, 15) is 19.1 Å². The van der Waals surface area contributed by atoms with Crippen LogP contribution in [0.2, 0.25) is 0 Å². The Morgan fingerprint density at radius 1 is 1.02 bits per heavy atom. The molecule has 0 bridgehead atoms. The number of carboxylic acids is 1. The second-order valence-electron chi connectivity index (χ2n) is 9.42. The molecule has 41 heavy (non-hydrogen) atoms. The molecule has 4 rings (SSSR count). The van der Waals surface area contributed by atoms with E-state index in [1.54, 1.807) is 18.2 Å². The number of nitrogens with one attached hydrogen (secondary N) is 1. The van der Waals surface area contributed by atoms with Gasteiger partial charge in [0.05, 0.1) is 13.2 Å². The van der Waals surface area contributed by atoms with E-state index < -0.39 is 17.9 Å². The average molecular weight is 570 g/mol. The second-order valence-corrected chi connectivity index (χ2v) is 10.4. The van der Waals surface area contributed by atoms with Gasteiger partial charge in [-0.2, -0.15) is 11.8 Å². The molecule has 3 aromatic carbocycles. The van der Waals surface area contributed by atoms with E-state index >= 15 is 0 Å². The number of carboxylic acid groups (broad SMARTS) is 1. The minimum atomic E-state index is -1.05. The van der Waals surface area contributed by atoms with Gasteiger partial charge in [0.1, 0.15) is 23.4 Å². The van der Waals surface area contributed by atoms with E-state index in [0.29, 0.717) is 43.1 Å². The Hall–Kier alpha value is -3.28. The van der Waals surface area contributed by atoms with Crippen molar-refractivity contribution in [2.24, 2.45) is 0 Å². The number of hydrogen-bond donors (Lipinski definition) is 2. The van der Waals surface area contributed by atoms with Gasteiger partial charge in [-0.1, -0.05) is 30.3 Å². The van der Waals surface area contributed by atoms with Crippen molar-refractivity contribution >= 4 is 42.5 Å². The van der Waals surface area contributed by atoms with Crippen LogP contribution in [0.25, 0.3) is 22.5 Å². The van der Waals surface area contributed by atoms with Crippen LogP contribution in [0.15, 0.2) is 83.3 Å². The van der Waals surface area contributed by atoms with Gasteiger partial charge in [-0.15, -0.1) is 0 Å². The molecule has 0 aliphatic carbocycles. The summed E-state index contributed by atoms with van der Waals surface area (Å²) in [5.41, 5.74) is 4.73. The summed E-state index contributed by atoms with van der Waals surface area (Å²) >= 11 is 1.54. The summed E-state index contributed by atoms with van der Waals surface area (Å²) in [6.45, 7) is 2.73. The molecule has 1 heterocycles. The fraction of sp³-hybridized carbons (Fsp3) is 0.250. The van der Waals surface area contributed by atoms with Crippen molar-refractivity contribution in [3.8, 4) is 22.5 Å². The summed E-state index contributed by atoms with van der Waals surface area (Å²) in [4.78, 5) is 24.9. The average Bonchev–Trinajstić information content (AvgIpc) is 3.42. The number of benzene rings is 3. The Kier molecular flexibility index (Phi) is 12.3. The number of furan rings is 1. The second kappa shape index (κ2) is 15.6. The molecule has 0 radical (unpaired) electrons. The number of thioether (sulfide) groups is 1. The first-order chi connectivity index (χ1) is 19.4. The van der Waals surface area contributed by atoms with Crippen LogP contribution >= 0.6 is 11.8 Å². The number of amides is 1. The van der Waals surface area contributed by atoms with E-state index in [-0.39, 0.29) is 24.7 Å². The molecule has 0 fully saturated rings. The summed E-state index contributed by atoms with van der Waals surface area (Å²) in [5.74, 6) is 0.301. The molecule has 6 nitrogen and oxygen atoms in total. The first-order valence-corrected chi connectivity index (χ1v) is 14.4. The summed E-state index contributed by atoms with van der Waals surface area (Å²) in [6, 6.07) is 22.2. The van der Waals surface area contributed by atoms with Crippen LogP contribution in [0.1, 0.15) is 33.7 Å². The quantitative estimate of drug-likeness (QED) is 0.149. The third-order valence-corrected chi connectivity index (χ3v) is 7.17. The zero-order valence-electron chi connectivity index (χ0n) is 22.5. The van der Waals surface area contributed by atoms with E-state index in [2.05, 4.69) is 5.32 Å². The van der Waals surface area contributed by atoms with Gasteiger partial charge in [-0.25, -0.2) is 9.18 Å². The molecule has 2 N–H and O–H groups in total. The molecule has 210 valence electrons. The number of carbonyl (C=O) groups is 2. The van der Waals surface area contributed by atoms with Crippen LogP contribution in [0.3, 0.4) is 0 Å². The topological polar surface area (TPSA) is 88.8 Å². The fourth-order valence-electron chi connectivity index (χ4n) is 4.35. The van der Waals surface area contributed by atoms with Gasteiger partial charge in [-0.05, 0) is 96.1 Å². The SMILES string of the molecule is CSCC[C@H](NC(=O)c1ccc(COCCc2ccc(-c3ccc(F)cc3)o2)cc1-c1ccccc1C)C(=O)O.[LiH]. The van der Waals surface area contributed by atoms with E-state index in [1.807, 2.05) is 61.7 Å². The molecule has 0 saturated heterocycles. The van der Waals surface area contributed by atoms with E-state index in [0.717, 1.165) is 33.6 Å². The number of halogens is 1. The van der Waals surface area contributed by atoms with E-state index in [1.165, 1.54) is 23.9 Å². The summed E-state index contributed by atoms with van der Waals surface area (Å²) in [7, 11) is 0. The van der Waals surface area contributed by atoms with Gasteiger partial charge in [0.15, 0.2) is 0 Å². The molecular formula is C32H33FLiNO5S. The molecule has 0 aliphatic rings. The summed E-state index contributed by atoms with van der Waals surface area (Å²) in [6.07, 6.45) is 2.81. The van der Waals surface area contributed by atoms with Crippen molar-refractivity contribution in [1.29, 1.82) is 0 Å². The van der Waals surface area contributed by atoms with Crippen molar-refractivity contribution in [3.05, 3.63) is 107 Å². The molecule has 0 saturated carbocycles. The van der Waals surface area contributed by atoms with Crippen LogP contribution in [-0.4, -0.2) is 60.5 Å². The van der Waals surface area contributed by atoms with Crippen molar-refractivity contribution in [2.75, 3.05) is 18.6 Å². The first kappa shape index (κ1) is 32.2. The Balaban J connectivity index is 0.00000462. The minimum absolute atomic E-state index is 0. The number of rotatable bonds is 13. The molecule has 0 spiro atoms. The third-order valence-electron chi connectivity index (χ3n) is 6.53. The standard InChI is InChI=1S/C32H32FNO5S.Li.H/c1-21-5-3-4-6-26(21)28-19-22(7-13-27(28)31(35)34-29(32(36)37)16-18-40-2)20-38-17-15-25-12-14-30(39-25)23-8-10-24(33)11-9-23;;/h3-14,19,29H,15-18,20H2,1-2H3,(H,34,35)(H,36,37);;/t29-;;/m0../s1.